The normalized spacial score (nSPS) is 12.8. The van der Waals surface area contributed by atoms with Gasteiger partial charge in [0.05, 0.1) is 5.60 Å². The van der Waals surface area contributed by atoms with Crippen molar-refractivity contribution in [3.05, 3.63) is 35.4 Å². The molecule has 0 aliphatic rings. The highest BCUT2D eigenvalue weighted by Crippen LogP contribution is 2.22. The summed E-state index contributed by atoms with van der Waals surface area (Å²) in [5, 5.41) is 0. The van der Waals surface area contributed by atoms with Gasteiger partial charge in [0.15, 0.2) is 0 Å². The molecule has 0 saturated heterocycles. The van der Waals surface area contributed by atoms with Crippen LogP contribution in [-0.2, 0) is 16.8 Å². The van der Waals surface area contributed by atoms with Crippen molar-refractivity contribution in [1.29, 1.82) is 0 Å². The van der Waals surface area contributed by atoms with Crippen LogP contribution in [0.25, 0.3) is 0 Å². The quantitative estimate of drug-likeness (QED) is 0.805. The van der Waals surface area contributed by atoms with E-state index in [1.807, 2.05) is 20.8 Å². The van der Waals surface area contributed by atoms with E-state index < -0.39 is 0 Å². The van der Waals surface area contributed by atoms with Crippen LogP contribution in [0.3, 0.4) is 0 Å². The van der Waals surface area contributed by atoms with Crippen molar-refractivity contribution >= 4 is 0 Å². The van der Waals surface area contributed by atoms with E-state index in [2.05, 4.69) is 50.5 Å². The summed E-state index contributed by atoms with van der Waals surface area (Å²) in [5.41, 5.74) is 5.67. The number of hydrogen-bond donors (Lipinski definition) is 1. The highest BCUT2D eigenvalue weighted by Gasteiger charge is 2.13. The van der Waals surface area contributed by atoms with E-state index in [0.29, 0.717) is 0 Å². The Labute approximate surface area is 105 Å². The molecule has 0 bridgehead atoms. The molecule has 0 heterocycles. The molecule has 2 heteroatoms. The molecule has 0 radical (unpaired) electrons. The summed E-state index contributed by atoms with van der Waals surface area (Å²) in [6, 6.07) is 8.68. The topological polar surface area (TPSA) is 21.3 Å². The molecule has 1 aromatic rings. The molecule has 17 heavy (non-hydrogen) atoms. The first-order valence-electron chi connectivity index (χ1n) is 6.19. The van der Waals surface area contributed by atoms with Gasteiger partial charge in [-0.15, -0.1) is 0 Å². The van der Waals surface area contributed by atoms with Gasteiger partial charge >= 0.3 is 0 Å². The van der Waals surface area contributed by atoms with Crippen LogP contribution in [0.15, 0.2) is 24.3 Å². The molecule has 0 spiro atoms. The minimum atomic E-state index is -0.147. The fourth-order valence-electron chi connectivity index (χ4n) is 1.46. The minimum Gasteiger partial charge on any atom is -0.296 e. The maximum absolute atomic E-state index is 5.48. The standard InChI is InChI=1S/C15H25NO/c1-14(2,3)13-9-7-12(8-10-13)11-16-17-15(4,5)6/h7-10,16H,11H2,1-6H3. The second-order valence-corrected chi connectivity index (χ2v) is 6.48. The van der Waals surface area contributed by atoms with Crippen LogP contribution in [-0.4, -0.2) is 5.60 Å². The summed E-state index contributed by atoms with van der Waals surface area (Å²) in [7, 11) is 0. The third-order valence-corrected chi connectivity index (χ3v) is 2.47. The van der Waals surface area contributed by atoms with Gasteiger partial charge in [0.1, 0.15) is 0 Å². The van der Waals surface area contributed by atoms with Crippen molar-refractivity contribution in [2.24, 2.45) is 0 Å². The predicted octanol–water partition coefficient (Wildman–Crippen LogP) is 3.80. The zero-order valence-corrected chi connectivity index (χ0v) is 11.9. The Morgan fingerprint density at radius 2 is 1.47 bits per heavy atom. The summed E-state index contributed by atoms with van der Waals surface area (Å²) in [5.74, 6) is 0. The van der Waals surface area contributed by atoms with Gasteiger partial charge in [0.2, 0.25) is 0 Å². The molecule has 1 aromatic carbocycles. The van der Waals surface area contributed by atoms with Gasteiger partial charge in [-0.25, -0.2) is 0 Å². The SMILES string of the molecule is CC(C)(C)ONCc1ccc(C(C)(C)C)cc1. The van der Waals surface area contributed by atoms with Gasteiger partial charge in [-0.3, -0.25) is 4.84 Å². The van der Waals surface area contributed by atoms with Crippen LogP contribution >= 0.6 is 0 Å². The number of benzene rings is 1. The Morgan fingerprint density at radius 3 is 1.88 bits per heavy atom. The van der Waals surface area contributed by atoms with Crippen molar-refractivity contribution in [2.75, 3.05) is 0 Å². The number of hydroxylamine groups is 1. The third kappa shape index (κ3) is 5.33. The third-order valence-electron chi connectivity index (χ3n) is 2.47. The summed E-state index contributed by atoms with van der Waals surface area (Å²) < 4.78 is 0. The first-order valence-corrected chi connectivity index (χ1v) is 6.19. The lowest BCUT2D eigenvalue weighted by Crippen LogP contribution is -2.28. The molecule has 96 valence electrons. The number of nitrogens with one attached hydrogen (secondary N) is 1. The minimum absolute atomic E-state index is 0.147. The maximum atomic E-state index is 5.48. The lowest BCUT2D eigenvalue weighted by atomic mass is 9.87. The molecular weight excluding hydrogens is 210 g/mol. The Kier molecular flexibility index (Phi) is 4.34. The van der Waals surface area contributed by atoms with E-state index >= 15 is 0 Å². The first-order chi connectivity index (χ1) is 7.68. The molecule has 0 fully saturated rings. The fraction of sp³-hybridized carbons (Fsp3) is 0.600. The Balaban J connectivity index is 2.52. The van der Waals surface area contributed by atoms with E-state index in [-0.39, 0.29) is 11.0 Å². The largest absolute Gasteiger partial charge is 0.296 e. The van der Waals surface area contributed by atoms with Crippen LogP contribution in [0.4, 0.5) is 0 Å². The Bertz CT molecular complexity index is 341. The monoisotopic (exact) mass is 235 g/mol. The molecular formula is C15H25NO. The van der Waals surface area contributed by atoms with Gasteiger partial charge in [-0.2, -0.15) is 5.48 Å². The van der Waals surface area contributed by atoms with Gasteiger partial charge in [-0.05, 0) is 37.3 Å². The van der Waals surface area contributed by atoms with E-state index in [0.717, 1.165) is 6.54 Å². The number of hydrogen-bond acceptors (Lipinski definition) is 2. The smallest absolute Gasteiger partial charge is 0.0813 e. The summed E-state index contributed by atoms with van der Waals surface area (Å²) >= 11 is 0. The lowest BCUT2D eigenvalue weighted by Gasteiger charge is -2.21. The van der Waals surface area contributed by atoms with Crippen molar-refractivity contribution < 1.29 is 4.84 Å². The molecule has 1 N–H and O–H groups in total. The van der Waals surface area contributed by atoms with Gasteiger partial charge in [0.25, 0.3) is 0 Å². The summed E-state index contributed by atoms with van der Waals surface area (Å²) in [6.07, 6.45) is 0. The van der Waals surface area contributed by atoms with Gasteiger partial charge in [-0.1, -0.05) is 45.0 Å². The average Bonchev–Trinajstić information content (AvgIpc) is 2.15. The van der Waals surface area contributed by atoms with E-state index in [4.69, 9.17) is 4.84 Å². The van der Waals surface area contributed by atoms with Crippen LogP contribution in [0.5, 0.6) is 0 Å². The zero-order valence-electron chi connectivity index (χ0n) is 11.9. The highest BCUT2D eigenvalue weighted by molar-refractivity contribution is 5.27. The highest BCUT2D eigenvalue weighted by atomic mass is 16.7. The predicted molar refractivity (Wildman–Crippen MR) is 72.8 cm³/mol. The van der Waals surface area contributed by atoms with Crippen LogP contribution < -0.4 is 5.48 Å². The first kappa shape index (κ1) is 14.2. The van der Waals surface area contributed by atoms with Crippen molar-refractivity contribution in [1.82, 2.24) is 5.48 Å². The van der Waals surface area contributed by atoms with Crippen molar-refractivity contribution in [3.8, 4) is 0 Å². The Morgan fingerprint density at radius 1 is 0.941 bits per heavy atom. The van der Waals surface area contributed by atoms with Gasteiger partial charge in [0, 0.05) is 6.54 Å². The molecule has 0 atom stereocenters. The van der Waals surface area contributed by atoms with Gasteiger partial charge < -0.3 is 0 Å². The van der Waals surface area contributed by atoms with Crippen LogP contribution in [0.1, 0.15) is 52.7 Å². The molecule has 0 amide bonds. The molecule has 0 aromatic heterocycles. The molecule has 1 rings (SSSR count). The van der Waals surface area contributed by atoms with Crippen LogP contribution in [0, 0.1) is 0 Å². The molecule has 0 aliphatic carbocycles. The van der Waals surface area contributed by atoms with Crippen molar-refractivity contribution in [3.63, 3.8) is 0 Å². The van der Waals surface area contributed by atoms with Crippen molar-refractivity contribution in [2.45, 2.75) is 59.1 Å². The average molecular weight is 235 g/mol. The van der Waals surface area contributed by atoms with E-state index in [1.54, 1.807) is 0 Å². The van der Waals surface area contributed by atoms with E-state index in [9.17, 15) is 0 Å². The summed E-state index contributed by atoms with van der Waals surface area (Å²) in [6.45, 7) is 13.5. The molecule has 0 saturated carbocycles. The molecule has 0 aliphatic heterocycles. The maximum Gasteiger partial charge on any atom is 0.0813 e. The fourth-order valence-corrected chi connectivity index (χ4v) is 1.46. The molecule has 0 unspecified atom stereocenters. The zero-order chi connectivity index (χ0) is 13.1. The van der Waals surface area contributed by atoms with Crippen LogP contribution in [0.2, 0.25) is 0 Å². The second kappa shape index (κ2) is 5.19. The number of rotatable bonds is 3. The summed E-state index contributed by atoms with van der Waals surface area (Å²) in [4.78, 5) is 5.48. The van der Waals surface area contributed by atoms with E-state index in [1.165, 1.54) is 11.1 Å². The molecule has 2 nitrogen and oxygen atoms in total. The second-order valence-electron chi connectivity index (χ2n) is 6.48. The Hall–Kier alpha value is -0.860. The lowest BCUT2D eigenvalue weighted by molar-refractivity contribution is -0.0757.